The van der Waals surface area contributed by atoms with Crippen LogP contribution in [0.1, 0.15) is 35.8 Å². The third kappa shape index (κ3) is 4.21. The molecule has 2 unspecified atom stereocenters. The average molecular weight is 510 g/mol. The van der Waals surface area contributed by atoms with Crippen LogP contribution in [0.5, 0.6) is 0 Å². The number of tetrazole rings is 1. The van der Waals surface area contributed by atoms with Gasteiger partial charge in [-0.05, 0) is 69.1 Å². The molecule has 4 aromatic carbocycles. The van der Waals surface area contributed by atoms with E-state index in [-0.39, 0.29) is 5.95 Å². The summed E-state index contributed by atoms with van der Waals surface area (Å²) in [5.41, 5.74) is 2.42. The number of hydrogen-bond donors (Lipinski definition) is 0. The summed E-state index contributed by atoms with van der Waals surface area (Å²) >= 11 is 0. The lowest BCUT2D eigenvalue weighted by atomic mass is 9.86. The molecule has 2 atom stereocenters. The highest BCUT2D eigenvalue weighted by Crippen LogP contribution is 2.39. The van der Waals surface area contributed by atoms with Crippen molar-refractivity contribution in [3.05, 3.63) is 119 Å². The van der Waals surface area contributed by atoms with E-state index in [2.05, 4.69) is 20.5 Å². The second-order valence-corrected chi connectivity index (χ2v) is 9.09. The fourth-order valence-electron chi connectivity index (χ4n) is 4.95. The number of carbonyl (C=O) groups excluding carboxylic acids is 1. The fourth-order valence-corrected chi connectivity index (χ4v) is 4.95. The Morgan fingerprint density at radius 3 is 2.18 bits per heavy atom. The first-order chi connectivity index (χ1) is 18.5. The minimum atomic E-state index is -0.903. The van der Waals surface area contributed by atoms with Crippen molar-refractivity contribution in [2.75, 3.05) is 0 Å². The topological polar surface area (TPSA) is 82.3 Å². The zero-order valence-electron chi connectivity index (χ0n) is 20.2. The van der Waals surface area contributed by atoms with Crippen molar-refractivity contribution >= 4 is 28.4 Å². The molecule has 0 spiro atoms. The zero-order valence-corrected chi connectivity index (χ0v) is 20.2. The molecule has 5 aromatic rings. The van der Waals surface area contributed by atoms with Crippen LogP contribution in [0.3, 0.4) is 0 Å². The lowest BCUT2D eigenvalue weighted by Gasteiger charge is -2.31. The van der Waals surface area contributed by atoms with Gasteiger partial charge < -0.3 is 4.74 Å². The van der Waals surface area contributed by atoms with Crippen LogP contribution in [0, 0.1) is 17.6 Å². The summed E-state index contributed by atoms with van der Waals surface area (Å²) in [5.74, 6) is -1.98. The lowest BCUT2D eigenvalue weighted by Crippen LogP contribution is -2.37. The summed E-state index contributed by atoms with van der Waals surface area (Å²) in [6.07, 6.45) is -0.903. The van der Waals surface area contributed by atoms with E-state index >= 15 is 0 Å². The van der Waals surface area contributed by atoms with Gasteiger partial charge in [-0.25, -0.2) is 18.5 Å². The number of esters is 1. The van der Waals surface area contributed by atoms with Gasteiger partial charge in [0.15, 0.2) is 6.10 Å². The lowest BCUT2D eigenvalue weighted by molar-refractivity contribution is -0.151. The molecule has 0 aliphatic carbocycles. The minimum absolute atomic E-state index is 0.290. The maximum atomic E-state index is 14.0. The minimum Gasteiger partial charge on any atom is -0.452 e. The van der Waals surface area contributed by atoms with Gasteiger partial charge in [-0.15, -0.1) is 0 Å². The van der Waals surface area contributed by atoms with Gasteiger partial charge in [-0.2, -0.15) is 0 Å². The van der Waals surface area contributed by atoms with Crippen LogP contribution in [-0.4, -0.2) is 31.9 Å². The van der Waals surface area contributed by atoms with Crippen molar-refractivity contribution < 1.29 is 18.3 Å². The number of aromatic nitrogens is 4. The quantitative estimate of drug-likeness (QED) is 0.282. The van der Waals surface area contributed by atoms with E-state index in [9.17, 15) is 13.6 Å². The highest BCUT2D eigenvalue weighted by atomic mass is 19.1. The van der Waals surface area contributed by atoms with Crippen LogP contribution in [-0.2, 0) is 9.53 Å². The fraction of sp³-hybridized carbons (Fsp3) is 0.138. The molecule has 1 aliphatic heterocycles. The summed E-state index contributed by atoms with van der Waals surface area (Å²) in [7, 11) is 0. The van der Waals surface area contributed by atoms with Gasteiger partial charge in [0.1, 0.15) is 23.6 Å². The maximum absolute atomic E-state index is 14.0. The molecule has 2 heterocycles. The van der Waals surface area contributed by atoms with Crippen LogP contribution in [0.15, 0.2) is 96.0 Å². The van der Waals surface area contributed by atoms with Gasteiger partial charge in [-0.3, -0.25) is 4.79 Å². The normalized spacial score (nSPS) is 16.8. The van der Waals surface area contributed by atoms with Crippen molar-refractivity contribution in [3.8, 4) is 0 Å². The first kappa shape index (κ1) is 23.6. The van der Waals surface area contributed by atoms with Gasteiger partial charge in [0.05, 0.1) is 0 Å². The Morgan fingerprint density at radius 2 is 1.50 bits per heavy atom. The molecule has 0 bridgehead atoms. The second-order valence-electron chi connectivity index (χ2n) is 9.09. The number of halogens is 2. The highest BCUT2D eigenvalue weighted by Gasteiger charge is 2.42. The summed E-state index contributed by atoms with van der Waals surface area (Å²) in [5, 5.41) is 13.9. The van der Waals surface area contributed by atoms with Crippen LogP contribution in [0.2, 0.25) is 0 Å². The predicted octanol–water partition coefficient (Wildman–Crippen LogP) is 5.75. The maximum Gasteiger partial charge on any atom is 0.318 e. The SMILES string of the molecule is CC1=Nc2nnnn2C(c2cccc3ccccc23)C1C(=O)OC(c1ccc(F)cc1)c1ccc(F)cc1. The van der Waals surface area contributed by atoms with Gasteiger partial charge in [-0.1, -0.05) is 71.8 Å². The molecule has 6 rings (SSSR count). The number of nitrogens with zero attached hydrogens (tertiary/aromatic N) is 5. The summed E-state index contributed by atoms with van der Waals surface area (Å²) < 4.78 is 35.0. The Bertz CT molecular complexity index is 1610. The third-order valence-corrected chi connectivity index (χ3v) is 6.76. The molecule has 1 aliphatic rings. The Balaban J connectivity index is 1.44. The Hall–Kier alpha value is -4.79. The molecule has 1 aromatic heterocycles. The average Bonchev–Trinajstić information content (AvgIpc) is 3.40. The summed E-state index contributed by atoms with van der Waals surface area (Å²) in [6, 6.07) is 24.4. The van der Waals surface area contributed by atoms with E-state index in [0.29, 0.717) is 16.8 Å². The van der Waals surface area contributed by atoms with Crippen molar-refractivity contribution in [1.29, 1.82) is 0 Å². The molecule has 38 heavy (non-hydrogen) atoms. The molecule has 9 heteroatoms. The Kier molecular flexibility index (Phi) is 5.95. The van der Waals surface area contributed by atoms with E-state index in [1.165, 1.54) is 28.9 Å². The van der Waals surface area contributed by atoms with Gasteiger partial charge in [0.2, 0.25) is 0 Å². The molecular weight excluding hydrogens is 488 g/mol. The number of benzene rings is 4. The number of hydrogen-bond acceptors (Lipinski definition) is 6. The predicted molar refractivity (Wildman–Crippen MR) is 137 cm³/mol. The van der Waals surface area contributed by atoms with E-state index in [0.717, 1.165) is 16.3 Å². The van der Waals surface area contributed by atoms with E-state index in [4.69, 9.17) is 4.74 Å². The smallest absolute Gasteiger partial charge is 0.318 e. The van der Waals surface area contributed by atoms with Crippen LogP contribution in [0.25, 0.3) is 10.8 Å². The Morgan fingerprint density at radius 1 is 0.868 bits per heavy atom. The van der Waals surface area contributed by atoms with E-state index < -0.39 is 35.7 Å². The molecule has 188 valence electrons. The molecule has 0 amide bonds. The highest BCUT2D eigenvalue weighted by molar-refractivity contribution is 6.04. The van der Waals surface area contributed by atoms with Crippen LogP contribution >= 0.6 is 0 Å². The summed E-state index contributed by atoms with van der Waals surface area (Å²) in [6.45, 7) is 1.74. The molecule has 0 radical (unpaired) electrons. The first-order valence-electron chi connectivity index (χ1n) is 12.0. The first-order valence-corrected chi connectivity index (χ1v) is 12.0. The number of fused-ring (bicyclic) bond motifs is 2. The molecular formula is C29H21F2N5O2. The molecule has 7 nitrogen and oxygen atoms in total. The second kappa shape index (κ2) is 9.59. The molecule has 0 fully saturated rings. The standard InChI is InChI=1S/C29H21F2N5O2/c1-17-25(28(37)38-27(19-9-13-21(30)14-10-19)20-11-15-22(31)16-12-20)26(36-29(32-17)33-34-35-36)24-8-4-6-18-5-2-3-7-23(18)24/h2-16,25-27H,1H3. The molecule has 0 N–H and O–H groups in total. The number of aliphatic imine (C=N–C) groups is 1. The monoisotopic (exact) mass is 509 g/mol. The van der Waals surface area contributed by atoms with Gasteiger partial charge >= 0.3 is 5.97 Å². The van der Waals surface area contributed by atoms with E-state index in [1.807, 2.05) is 42.5 Å². The zero-order chi connectivity index (χ0) is 26.2. The van der Waals surface area contributed by atoms with Crippen molar-refractivity contribution in [2.24, 2.45) is 10.9 Å². The van der Waals surface area contributed by atoms with E-state index in [1.54, 1.807) is 31.2 Å². The van der Waals surface area contributed by atoms with Crippen LogP contribution in [0.4, 0.5) is 14.7 Å². The van der Waals surface area contributed by atoms with Crippen molar-refractivity contribution in [2.45, 2.75) is 19.1 Å². The number of rotatable bonds is 5. The van der Waals surface area contributed by atoms with Crippen molar-refractivity contribution in [1.82, 2.24) is 20.2 Å². The number of carbonyl (C=O) groups is 1. The Labute approximate surface area is 216 Å². The van der Waals surface area contributed by atoms with Crippen LogP contribution < -0.4 is 0 Å². The third-order valence-electron chi connectivity index (χ3n) is 6.76. The van der Waals surface area contributed by atoms with Gasteiger partial charge in [0.25, 0.3) is 5.95 Å². The largest absolute Gasteiger partial charge is 0.452 e. The van der Waals surface area contributed by atoms with Crippen molar-refractivity contribution in [3.63, 3.8) is 0 Å². The summed E-state index contributed by atoms with van der Waals surface area (Å²) in [4.78, 5) is 18.5. The van der Waals surface area contributed by atoms with Gasteiger partial charge in [0, 0.05) is 5.71 Å². The molecule has 0 saturated heterocycles. The number of ether oxygens (including phenoxy) is 1. The molecule has 0 saturated carbocycles.